The topological polar surface area (TPSA) is 50.7 Å². The maximum absolute atomic E-state index is 11.9. The van der Waals surface area contributed by atoms with Gasteiger partial charge in [0.2, 0.25) is 0 Å². The molecule has 25 heavy (non-hydrogen) atoms. The molecule has 4 nitrogen and oxygen atoms in total. The first kappa shape index (κ1) is 21.2. The molecule has 1 amide bonds. The SMILES string of the molecule is CCC/C=N\NC(=O)c1ccc(OCCCCCCCCCC)cc1. The first-order valence-corrected chi connectivity index (χ1v) is 9.82. The Morgan fingerprint density at radius 3 is 2.24 bits per heavy atom. The van der Waals surface area contributed by atoms with Crippen molar-refractivity contribution in [2.75, 3.05) is 6.61 Å². The van der Waals surface area contributed by atoms with Crippen LogP contribution in [-0.2, 0) is 0 Å². The van der Waals surface area contributed by atoms with Gasteiger partial charge in [-0.1, -0.05) is 65.2 Å². The van der Waals surface area contributed by atoms with E-state index in [2.05, 4.69) is 24.4 Å². The molecule has 1 aromatic carbocycles. The lowest BCUT2D eigenvalue weighted by atomic mass is 10.1. The number of benzene rings is 1. The van der Waals surface area contributed by atoms with Gasteiger partial charge in [0.05, 0.1) is 6.61 Å². The number of nitrogens with one attached hydrogen (secondary N) is 1. The van der Waals surface area contributed by atoms with Crippen molar-refractivity contribution in [1.82, 2.24) is 5.43 Å². The molecular weight excluding hydrogens is 312 g/mol. The number of carbonyl (C=O) groups excluding carboxylic acids is 1. The third-order valence-corrected chi connectivity index (χ3v) is 4.06. The predicted octanol–water partition coefficient (Wildman–Crippen LogP) is 5.72. The number of ether oxygens (including phenoxy) is 1. The van der Waals surface area contributed by atoms with Crippen molar-refractivity contribution in [2.45, 2.75) is 78.1 Å². The lowest BCUT2D eigenvalue weighted by Gasteiger charge is -2.07. The molecule has 1 N–H and O–H groups in total. The van der Waals surface area contributed by atoms with Crippen molar-refractivity contribution in [3.63, 3.8) is 0 Å². The number of rotatable bonds is 14. The van der Waals surface area contributed by atoms with Crippen molar-refractivity contribution < 1.29 is 9.53 Å². The number of hydrazone groups is 1. The number of carbonyl (C=O) groups is 1. The van der Waals surface area contributed by atoms with Crippen molar-refractivity contribution >= 4 is 12.1 Å². The fourth-order valence-electron chi connectivity index (χ4n) is 2.49. The Balaban J connectivity index is 2.14. The second kappa shape index (κ2) is 14.5. The van der Waals surface area contributed by atoms with Gasteiger partial charge in [0.25, 0.3) is 5.91 Å². The van der Waals surface area contributed by atoms with E-state index in [9.17, 15) is 4.79 Å². The van der Waals surface area contributed by atoms with Crippen LogP contribution < -0.4 is 10.2 Å². The summed E-state index contributed by atoms with van der Waals surface area (Å²) in [7, 11) is 0. The van der Waals surface area contributed by atoms with Gasteiger partial charge in [-0.3, -0.25) is 4.79 Å². The van der Waals surface area contributed by atoms with Crippen LogP contribution in [0.3, 0.4) is 0 Å². The van der Waals surface area contributed by atoms with Gasteiger partial charge in [0.1, 0.15) is 5.75 Å². The van der Waals surface area contributed by atoms with Crippen molar-refractivity contribution in [1.29, 1.82) is 0 Å². The Kier molecular flexibility index (Phi) is 12.3. The number of amides is 1. The van der Waals surface area contributed by atoms with Crippen LogP contribution in [0.5, 0.6) is 5.75 Å². The summed E-state index contributed by atoms with van der Waals surface area (Å²) < 4.78 is 5.74. The summed E-state index contributed by atoms with van der Waals surface area (Å²) in [5, 5.41) is 3.91. The van der Waals surface area contributed by atoms with Crippen molar-refractivity contribution in [3.8, 4) is 5.75 Å². The zero-order valence-electron chi connectivity index (χ0n) is 15.9. The van der Waals surface area contributed by atoms with Crippen LogP contribution in [0.15, 0.2) is 29.4 Å². The predicted molar refractivity (Wildman–Crippen MR) is 105 cm³/mol. The maximum atomic E-state index is 11.9. The van der Waals surface area contributed by atoms with Crippen LogP contribution >= 0.6 is 0 Å². The number of unbranched alkanes of at least 4 members (excludes halogenated alkanes) is 8. The highest BCUT2D eigenvalue weighted by molar-refractivity contribution is 5.94. The molecule has 140 valence electrons. The highest BCUT2D eigenvalue weighted by atomic mass is 16.5. The van der Waals surface area contributed by atoms with Gasteiger partial charge in [-0.2, -0.15) is 5.10 Å². The average molecular weight is 347 g/mol. The minimum Gasteiger partial charge on any atom is -0.494 e. The quantitative estimate of drug-likeness (QED) is 0.266. The van der Waals surface area contributed by atoms with E-state index in [1.165, 1.54) is 44.9 Å². The van der Waals surface area contributed by atoms with Crippen molar-refractivity contribution in [2.24, 2.45) is 5.10 Å². The molecule has 0 unspecified atom stereocenters. The van der Waals surface area contributed by atoms with E-state index in [-0.39, 0.29) is 5.91 Å². The molecular formula is C21H34N2O2. The number of nitrogens with zero attached hydrogens (tertiary/aromatic N) is 1. The summed E-state index contributed by atoms with van der Waals surface area (Å²) in [4.78, 5) is 11.9. The van der Waals surface area contributed by atoms with Crippen LogP contribution in [0, 0.1) is 0 Å². The third-order valence-electron chi connectivity index (χ3n) is 4.06. The molecule has 0 saturated carbocycles. The Bertz CT molecular complexity index is 483. The van der Waals surface area contributed by atoms with Gasteiger partial charge in [-0.25, -0.2) is 5.43 Å². The van der Waals surface area contributed by atoms with Crippen molar-refractivity contribution in [3.05, 3.63) is 29.8 Å². The fraction of sp³-hybridized carbons (Fsp3) is 0.619. The fourth-order valence-corrected chi connectivity index (χ4v) is 2.49. The summed E-state index contributed by atoms with van der Waals surface area (Å²) in [5.41, 5.74) is 3.12. The van der Waals surface area contributed by atoms with E-state index >= 15 is 0 Å². The Morgan fingerprint density at radius 2 is 1.60 bits per heavy atom. The molecule has 1 rings (SSSR count). The molecule has 0 saturated heterocycles. The molecule has 0 heterocycles. The van der Waals surface area contributed by atoms with Crippen LogP contribution in [0.1, 0.15) is 88.4 Å². The summed E-state index contributed by atoms with van der Waals surface area (Å²) in [6, 6.07) is 7.23. The van der Waals surface area contributed by atoms with E-state index in [4.69, 9.17) is 4.74 Å². The van der Waals surface area contributed by atoms with Gasteiger partial charge in [0.15, 0.2) is 0 Å². The molecule has 1 aromatic rings. The first-order chi connectivity index (χ1) is 12.3. The lowest BCUT2D eigenvalue weighted by Crippen LogP contribution is -2.17. The van der Waals surface area contributed by atoms with E-state index in [0.717, 1.165) is 31.6 Å². The standard InChI is InChI=1S/C21H34N2O2/c1-3-5-7-8-9-10-11-12-18-25-20-15-13-19(14-16-20)21(24)23-22-17-6-4-2/h13-17H,3-12,18H2,1-2H3,(H,23,24)/b22-17-. The summed E-state index contributed by atoms with van der Waals surface area (Å²) in [6.45, 7) is 5.06. The molecule has 0 spiro atoms. The van der Waals surface area contributed by atoms with Crippen LogP contribution in [0.4, 0.5) is 0 Å². The second-order valence-corrected chi connectivity index (χ2v) is 6.39. The first-order valence-electron chi connectivity index (χ1n) is 9.82. The van der Waals surface area contributed by atoms with E-state index in [1.807, 2.05) is 12.1 Å². The van der Waals surface area contributed by atoms with E-state index < -0.39 is 0 Å². The summed E-state index contributed by atoms with van der Waals surface area (Å²) in [6.07, 6.45) is 14.0. The minimum absolute atomic E-state index is 0.193. The molecule has 0 aliphatic rings. The summed E-state index contributed by atoms with van der Waals surface area (Å²) >= 11 is 0. The Hall–Kier alpha value is -1.84. The van der Waals surface area contributed by atoms with Gasteiger partial charge in [-0.15, -0.1) is 0 Å². The molecule has 4 heteroatoms. The highest BCUT2D eigenvalue weighted by Gasteiger charge is 2.04. The molecule has 0 aromatic heterocycles. The highest BCUT2D eigenvalue weighted by Crippen LogP contribution is 2.14. The van der Waals surface area contributed by atoms with Gasteiger partial charge in [-0.05, 0) is 37.1 Å². The number of hydrogen-bond donors (Lipinski definition) is 1. The largest absolute Gasteiger partial charge is 0.494 e. The maximum Gasteiger partial charge on any atom is 0.271 e. The Morgan fingerprint density at radius 1 is 0.960 bits per heavy atom. The molecule has 0 fully saturated rings. The molecule has 0 bridgehead atoms. The second-order valence-electron chi connectivity index (χ2n) is 6.39. The van der Waals surface area contributed by atoms with Crippen LogP contribution in [0.2, 0.25) is 0 Å². The van der Waals surface area contributed by atoms with Gasteiger partial charge >= 0.3 is 0 Å². The smallest absolute Gasteiger partial charge is 0.271 e. The molecule has 0 atom stereocenters. The zero-order chi connectivity index (χ0) is 18.2. The molecule has 0 aliphatic heterocycles. The van der Waals surface area contributed by atoms with Gasteiger partial charge in [0, 0.05) is 11.8 Å². The third kappa shape index (κ3) is 10.6. The molecule has 0 aliphatic carbocycles. The minimum atomic E-state index is -0.193. The zero-order valence-corrected chi connectivity index (χ0v) is 15.9. The molecule has 0 radical (unpaired) electrons. The monoisotopic (exact) mass is 346 g/mol. The number of hydrogen-bond acceptors (Lipinski definition) is 3. The van der Waals surface area contributed by atoms with Gasteiger partial charge < -0.3 is 4.74 Å². The normalized spacial score (nSPS) is 11.0. The van der Waals surface area contributed by atoms with Crippen LogP contribution in [0.25, 0.3) is 0 Å². The summed E-state index contributed by atoms with van der Waals surface area (Å²) in [5.74, 6) is 0.621. The van der Waals surface area contributed by atoms with Crippen LogP contribution in [-0.4, -0.2) is 18.7 Å². The average Bonchev–Trinajstić information content (AvgIpc) is 2.64. The van der Waals surface area contributed by atoms with E-state index in [0.29, 0.717) is 5.56 Å². The van der Waals surface area contributed by atoms with E-state index in [1.54, 1.807) is 18.3 Å². The lowest BCUT2D eigenvalue weighted by molar-refractivity contribution is 0.0955. The Labute approximate surface area is 153 Å².